The van der Waals surface area contributed by atoms with Crippen molar-refractivity contribution < 1.29 is 4.79 Å². The lowest BCUT2D eigenvalue weighted by atomic mass is 10.2. The third kappa shape index (κ3) is 3.06. The molecule has 26 heavy (non-hydrogen) atoms. The average Bonchev–Trinajstić information content (AvgIpc) is 3.33. The monoisotopic (exact) mass is 350 g/mol. The molecular formula is C17H18N8O. The summed E-state index contributed by atoms with van der Waals surface area (Å²) in [5.74, 6) is 0.544. The van der Waals surface area contributed by atoms with Crippen molar-refractivity contribution in [1.29, 1.82) is 0 Å². The van der Waals surface area contributed by atoms with E-state index in [2.05, 4.69) is 20.1 Å². The Bertz CT molecular complexity index is 1060. The van der Waals surface area contributed by atoms with Crippen molar-refractivity contribution in [3.63, 3.8) is 0 Å². The molecule has 0 unspecified atom stereocenters. The van der Waals surface area contributed by atoms with Crippen LogP contribution in [0.4, 0.5) is 0 Å². The maximum atomic E-state index is 11.3. The van der Waals surface area contributed by atoms with Crippen LogP contribution >= 0.6 is 0 Å². The van der Waals surface area contributed by atoms with Gasteiger partial charge in [-0.2, -0.15) is 5.10 Å². The summed E-state index contributed by atoms with van der Waals surface area (Å²) in [5, 5.41) is 5.49. The van der Waals surface area contributed by atoms with Crippen LogP contribution in [-0.4, -0.2) is 40.2 Å². The van der Waals surface area contributed by atoms with E-state index in [0.717, 1.165) is 16.7 Å². The highest BCUT2D eigenvalue weighted by Gasteiger charge is 2.16. The Labute approximate surface area is 148 Å². The van der Waals surface area contributed by atoms with Crippen molar-refractivity contribution in [2.75, 3.05) is 0 Å². The molecule has 0 saturated carbocycles. The van der Waals surface area contributed by atoms with Gasteiger partial charge in [0.05, 0.1) is 12.7 Å². The lowest BCUT2D eigenvalue weighted by molar-refractivity contribution is -0.117. The Kier molecular flexibility index (Phi) is 3.96. The molecule has 0 radical (unpaired) electrons. The number of carbonyl (C=O) groups is 1. The van der Waals surface area contributed by atoms with Crippen molar-refractivity contribution in [3.05, 3.63) is 48.4 Å². The summed E-state index contributed by atoms with van der Waals surface area (Å²) in [5.41, 5.74) is 7.85. The highest BCUT2D eigenvalue weighted by atomic mass is 16.1. The first-order valence-corrected chi connectivity index (χ1v) is 8.22. The standard InChI is InChI=1S/C17H18N8O/c1-24-6-4-11-2-3-13(21-16(11)24)17-22-15(8-14(18)26)23-25(17)7-5-12-9-19-10-20-12/h2-4,6,9-10H,5,7-8H2,1H3,(H2,18,26)(H,19,20). The lowest BCUT2D eigenvalue weighted by Crippen LogP contribution is -2.15. The second kappa shape index (κ2) is 6.43. The van der Waals surface area contributed by atoms with Crippen LogP contribution < -0.4 is 5.73 Å². The van der Waals surface area contributed by atoms with Crippen LogP contribution in [0.15, 0.2) is 36.9 Å². The number of imidazole rings is 1. The molecule has 4 aromatic rings. The van der Waals surface area contributed by atoms with Gasteiger partial charge >= 0.3 is 0 Å². The predicted octanol–water partition coefficient (Wildman–Crippen LogP) is 0.825. The fraction of sp³-hybridized carbons (Fsp3) is 0.235. The zero-order valence-electron chi connectivity index (χ0n) is 14.3. The molecule has 0 aliphatic heterocycles. The summed E-state index contributed by atoms with van der Waals surface area (Å²) in [4.78, 5) is 27.5. The Morgan fingerprint density at radius 2 is 2.15 bits per heavy atom. The first kappa shape index (κ1) is 16.0. The number of hydrogen-bond donors (Lipinski definition) is 2. The minimum atomic E-state index is -0.465. The first-order valence-electron chi connectivity index (χ1n) is 8.22. The van der Waals surface area contributed by atoms with Crippen LogP contribution in [0.1, 0.15) is 11.5 Å². The molecule has 4 rings (SSSR count). The molecule has 9 heteroatoms. The van der Waals surface area contributed by atoms with Crippen molar-refractivity contribution in [3.8, 4) is 11.5 Å². The Morgan fingerprint density at radius 1 is 1.27 bits per heavy atom. The molecule has 1 amide bonds. The summed E-state index contributed by atoms with van der Waals surface area (Å²) in [6.45, 7) is 0.580. The van der Waals surface area contributed by atoms with Crippen LogP contribution in [0, 0.1) is 0 Å². The molecule has 0 bridgehead atoms. The number of rotatable bonds is 6. The van der Waals surface area contributed by atoms with Gasteiger partial charge in [0, 0.05) is 43.5 Å². The summed E-state index contributed by atoms with van der Waals surface area (Å²) in [6.07, 6.45) is 6.08. The van der Waals surface area contributed by atoms with E-state index >= 15 is 0 Å². The van der Waals surface area contributed by atoms with Gasteiger partial charge in [0.15, 0.2) is 11.6 Å². The average molecular weight is 350 g/mol. The maximum Gasteiger partial charge on any atom is 0.225 e. The number of nitrogens with zero attached hydrogens (tertiary/aromatic N) is 6. The molecule has 4 aromatic heterocycles. The predicted molar refractivity (Wildman–Crippen MR) is 94.9 cm³/mol. The Hall–Kier alpha value is -3.49. The van der Waals surface area contributed by atoms with E-state index in [1.807, 2.05) is 36.0 Å². The van der Waals surface area contributed by atoms with Crippen molar-refractivity contribution >= 4 is 16.9 Å². The Balaban J connectivity index is 1.72. The number of fused-ring (bicyclic) bond motifs is 1. The molecule has 3 N–H and O–H groups in total. The summed E-state index contributed by atoms with van der Waals surface area (Å²) in [6, 6.07) is 5.92. The summed E-state index contributed by atoms with van der Waals surface area (Å²) in [7, 11) is 1.95. The number of aryl methyl sites for hydroxylation is 3. The van der Waals surface area contributed by atoms with E-state index < -0.39 is 5.91 Å². The molecule has 4 heterocycles. The molecule has 0 aliphatic rings. The number of aromatic amines is 1. The molecule has 0 saturated heterocycles. The third-order valence-electron chi connectivity index (χ3n) is 4.14. The minimum absolute atomic E-state index is 0.00352. The van der Waals surface area contributed by atoms with Gasteiger partial charge in [-0.1, -0.05) is 0 Å². The van der Waals surface area contributed by atoms with E-state index in [-0.39, 0.29) is 6.42 Å². The van der Waals surface area contributed by atoms with Crippen LogP contribution in [0.3, 0.4) is 0 Å². The SMILES string of the molecule is Cn1ccc2ccc(-c3nc(CC(N)=O)nn3CCc3cnc[nH]3)nc21. The van der Waals surface area contributed by atoms with Crippen LogP contribution in [0.5, 0.6) is 0 Å². The number of carbonyl (C=O) groups excluding carboxylic acids is 1. The number of nitrogens with two attached hydrogens (primary N) is 1. The third-order valence-corrected chi connectivity index (χ3v) is 4.14. The highest BCUT2D eigenvalue weighted by Crippen LogP contribution is 2.20. The molecule has 0 aliphatic carbocycles. The molecule has 9 nitrogen and oxygen atoms in total. The Morgan fingerprint density at radius 3 is 2.92 bits per heavy atom. The normalized spacial score (nSPS) is 11.3. The number of hydrogen-bond acceptors (Lipinski definition) is 5. The number of H-pyrrole nitrogens is 1. The number of amides is 1. The van der Waals surface area contributed by atoms with E-state index in [4.69, 9.17) is 10.7 Å². The van der Waals surface area contributed by atoms with Crippen molar-refractivity contribution in [2.45, 2.75) is 19.4 Å². The van der Waals surface area contributed by atoms with E-state index in [9.17, 15) is 4.79 Å². The first-order chi connectivity index (χ1) is 12.6. The van der Waals surface area contributed by atoms with E-state index in [0.29, 0.717) is 30.3 Å². The lowest BCUT2D eigenvalue weighted by Gasteiger charge is -2.05. The van der Waals surface area contributed by atoms with Gasteiger partial charge in [-0.15, -0.1) is 0 Å². The zero-order valence-corrected chi connectivity index (χ0v) is 14.3. The number of aromatic nitrogens is 7. The van der Waals surface area contributed by atoms with Crippen LogP contribution in [0.25, 0.3) is 22.6 Å². The largest absolute Gasteiger partial charge is 0.369 e. The van der Waals surface area contributed by atoms with E-state index in [1.54, 1.807) is 17.2 Å². The molecule has 0 spiro atoms. The van der Waals surface area contributed by atoms with Crippen LogP contribution in [-0.2, 0) is 31.2 Å². The molecule has 0 aromatic carbocycles. The zero-order chi connectivity index (χ0) is 18.1. The second-order valence-corrected chi connectivity index (χ2v) is 6.08. The number of primary amides is 1. The number of nitrogens with one attached hydrogen (secondary N) is 1. The van der Waals surface area contributed by atoms with Gasteiger partial charge in [-0.25, -0.2) is 19.6 Å². The van der Waals surface area contributed by atoms with Gasteiger partial charge in [-0.05, 0) is 18.2 Å². The van der Waals surface area contributed by atoms with Gasteiger partial charge in [-0.3, -0.25) is 4.79 Å². The molecule has 0 atom stereocenters. The fourth-order valence-electron chi connectivity index (χ4n) is 2.87. The quantitative estimate of drug-likeness (QED) is 0.533. The topological polar surface area (TPSA) is 120 Å². The molecule has 132 valence electrons. The van der Waals surface area contributed by atoms with Gasteiger partial charge in [0.25, 0.3) is 0 Å². The van der Waals surface area contributed by atoms with Crippen molar-refractivity contribution in [1.82, 2.24) is 34.3 Å². The molecule has 0 fully saturated rings. The fourth-order valence-corrected chi connectivity index (χ4v) is 2.87. The summed E-state index contributed by atoms with van der Waals surface area (Å²) < 4.78 is 3.71. The van der Waals surface area contributed by atoms with Crippen LogP contribution in [0.2, 0.25) is 0 Å². The smallest absolute Gasteiger partial charge is 0.225 e. The van der Waals surface area contributed by atoms with Gasteiger partial charge < -0.3 is 15.3 Å². The van der Waals surface area contributed by atoms with Gasteiger partial charge in [0.2, 0.25) is 5.91 Å². The second-order valence-electron chi connectivity index (χ2n) is 6.08. The minimum Gasteiger partial charge on any atom is -0.369 e. The summed E-state index contributed by atoms with van der Waals surface area (Å²) >= 11 is 0. The number of pyridine rings is 1. The molecular weight excluding hydrogens is 332 g/mol. The maximum absolute atomic E-state index is 11.3. The van der Waals surface area contributed by atoms with Crippen molar-refractivity contribution in [2.24, 2.45) is 12.8 Å². The van der Waals surface area contributed by atoms with Gasteiger partial charge in [0.1, 0.15) is 11.3 Å². The highest BCUT2D eigenvalue weighted by molar-refractivity contribution is 5.79. The van der Waals surface area contributed by atoms with E-state index in [1.165, 1.54) is 0 Å².